The Morgan fingerprint density at radius 1 is 0.762 bits per heavy atom. The van der Waals surface area contributed by atoms with Crippen LogP contribution in [0.1, 0.15) is 44.4 Å². The largest absolute Gasteiger partial charge is 0.0991 e. The van der Waals surface area contributed by atoms with E-state index in [1.165, 1.54) is 27.5 Å². The van der Waals surface area contributed by atoms with Gasteiger partial charge in [0, 0.05) is 0 Å². The average Bonchev–Trinajstić information content (AvgIpc) is 2.55. The van der Waals surface area contributed by atoms with Gasteiger partial charge < -0.3 is 0 Å². The van der Waals surface area contributed by atoms with E-state index in [0.29, 0.717) is 0 Å². The smallest absolute Gasteiger partial charge is 0.0152 e. The number of rotatable bonds is 1. The minimum atomic E-state index is 1.33. The van der Waals surface area contributed by atoms with Crippen LogP contribution in [0.4, 0.5) is 0 Å². The van der Waals surface area contributed by atoms with Gasteiger partial charge in [0.05, 0.1) is 0 Å². The number of fused-ring (bicyclic) bond motifs is 1. The fraction of sp³-hybridized carbons (Fsp3) is 0.333. The molecule has 0 heteroatoms. The number of hydrogen-bond donors (Lipinski definition) is 0. The summed E-state index contributed by atoms with van der Waals surface area (Å²) in [5.74, 6) is 0. The Morgan fingerprint density at radius 3 is 1.76 bits per heavy atom. The van der Waals surface area contributed by atoms with Crippen molar-refractivity contribution >= 4 is 10.8 Å². The minimum Gasteiger partial charge on any atom is -0.0991 e. The monoisotopic (exact) mass is 284 g/mol. The van der Waals surface area contributed by atoms with Gasteiger partial charge in [-0.1, -0.05) is 88.9 Å². The zero-order valence-electron chi connectivity index (χ0n) is 15.0. The molecular formula is C21H32. The highest BCUT2D eigenvalue weighted by Gasteiger charge is 1.99. The maximum atomic E-state index is 3.36. The maximum absolute atomic E-state index is 3.36. The topological polar surface area (TPSA) is 0 Å². The second kappa shape index (κ2) is 13.2. The molecule has 2 aromatic rings. The SMILES string of the molecule is C=CC=C.CC.CC.Cc1ccc2c(C)c(C)ccc2c1. The second-order valence-corrected chi connectivity index (χ2v) is 4.20. The van der Waals surface area contributed by atoms with Gasteiger partial charge in [0.2, 0.25) is 0 Å². The summed E-state index contributed by atoms with van der Waals surface area (Å²) in [6.45, 7) is 21.2. The molecule has 0 bridgehead atoms. The van der Waals surface area contributed by atoms with Crippen LogP contribution in [-0.4, -0.2) is 0 Å². The summed E-state index contributed by atoms with van der Waals surface area (Å²) in [5.41, 5.74) is 4.10. The molecule has 0 spiro atoms. The molecule has 0 atom stereocenters. The predicted octanol–water partition coefficient (Wildman–Crippen LogP) is 7.18. The molecule has 0 radical (unpaired) electrons. The number of aryl methyl sites for hydroxylation is 3. The molecule has 0 heterocycles. The molecule has 0 fully saturated rings. The van der Waals surface area contributed by atoms with Crippen LogP contribution in [0.25, 0.3) is 10.8 Å². The first kappa shape index (κ1) is 21.5. The molecule has 0 aliphatic heterocycles. The highest BCUT2D eigenvalue weighted by molar-refractivity contribution is 5.87. The zero-order chi connectivity index (χ0) is 16.8. The Kier molecular flexibility index (Phi) is 13.5. The molecule has 0 saturated carbocycles. The van der Waals surface area contributed by atoms with Crippen molar-refractivity contribution < 1.29 is 0 Å². The van der Waals surface area contributed by atoms with E-state index in [9.17, 15) is 0 Å². The van der Waals surface area contributed by atoms with Gasteiger partial charge in [-0.25, -0.2) is 0 Å². The lowest BCUT2D eigenvalue weighted by molar-refractivity contribution is 1.37. The van der Waals surface area contributed by atoms with Crippen LogP contribution in [0, 0.1) is 20.8 Å². The molecule has 0 aliphatic rings. The highest BCUT2D eigenvalue weighted by Crippen LogP contribution is 2.22. The van der Waals surface area contributed by atoms with E-state index in [1.807, 2.05) is 27.7 Å². The Bertz CT molecular complexity index is 527. The van der Waals surface area contributed by atoms with Crippen molar-refractivity contribution in [2.45, 2.75) is 48.5 Å². The summed E-state index contributed by atoms with van der Waals surface area (Å²) < 4.78 is 0. The van der Waals surface area contributed by atoms with Gasteiger partial charge in [-0.15, -0.1) is 0 Å². The molecule has 116 valence electrons. The van der Waals surface area contributed by atoms with Crippen LogP contribution in [0.2, 0.25) is 0 Å². The normalized spacial score (nSPS) is 8.14. The molecule has 0 aliphatic carbocycles. The lowest BCUT2D eigenvalue weighted by Gasteiger charge is -2.05. The second-order valence-electron chi connectivity index (χ2n) is 4.20. The van der Waals surface area contributed by atoms with Gasteiger partial charge in [0.15, 0.2) is 0 Å². The molecule has 2 aromatic carbocycles. The van der Waals surface area contributed by atoms with E-state index in [1.54, 1.807) is 12.2 Å². The number of benzene rings is 2. The molecule has 0 unspecified atom stereocenters. The summed E-state index contributed by atoms with van der Waals surface area (Å²) in [5, 5.41) is 2.73. The first-order valence-electron chi connectivity index (χ1n) is 7.80. The summed E-state index contributed by atoms with van der Waals surface area (Å²) >= 11 is 0. The first-order valence-corrected chi connectivity index (χ1v) is 7.80. The van der Waals surface area contributed by atoms with E-state index < -0.39 is 0 Å². The Hall–Kier alpha value is -1.82. The zero-order valence-corrected chi connectivity index (χ0v) is 15.0. The molecule has 2 rings (SSSR count). The molecule has 0 saturated heterocycles. The Labute approximate surface area is 132 Å². The standard InChI is InChI=1S/C13H14.C4H6.2C2H6/c1-9-4-7-13-11(3)10(2)5-6-12(13)8-9;1-3-4-2;2*1-2/h4-8H,1-3H3;3-4H,1-2H2;2*1-2H3. The van der Waals surface area contributed by atoms with Gasteiger partial charge in [0.1, 0.15) is 0 Å². The minimum absolute atomic E-state index is 1.33. The summed E-state index contributed by atoms with van der Waals surface area (Å²) in [4.78, 5) is 0. The van der Waals surface area contributed by atoms with Crippen molar-refractivity contribution in [1.29, 1.82) is 0 Å². The Morgan fingerprint density at radius 2 is 1.29 bits per heavy atom. The number of hydrogen-bond acceptors (Lipinski definition) is 0. The lowest BCUT2D eigenvalue weighted by Crippen LogP contribution is -1.83. The molecule has 0 amide bonds. The van der Waals surface area contributed by atoms with Crippen LogP contribution >= 0.6 is 0 Å². The van der Waals surface area contributed by atoms with Crippen molar-refractivity contribution in [2.75, 3.05) is 0 Å². The molecule has 21 heavy (non-hydrogen) atoms. The van der Waals surface area contributed by atoms with Crippen LogP contribution in [-0.2, 0) is 0 Å². The third-order valence-corrected chi connectivity index (χ3v) is 2.88. The van der Waals surface area contributed by atoms with Crippen LogP contribution in [0.3, 0.4) is 0 Å². The highest BCUT2D eigenvalue weighted by atomic mass is 14.0. The predicted molar refractivity (Wildman–Crippen MR) is 101 cm³/mol. The van der Waals surface area contributed by atoms with Crippen molar-refractivity contribution in [3.63, 3.8) is 0 Å². The van der Waals surface area contributed by atoms with Crippen LogP contribution in [0.15, 0.2) is 55.6 Å². The van der Waals surface area contributed by atoms with E-state index in [0.717, 1.165) is 0 Å². The summed E-state index contributed by atoms with van der Waals surface area (Å²) in [6, 6.07) is 11.0. The van der Waals surface area contributed by atoms with E-state index >= 15 is 0 Å². The molecule has 0 nitrogen and oxygen atoms in total. The fourth-order valence-corrected chi connectivity index (χ4v) is 1.71. The maximum Gasteiger partial charge on any atom is -0.0152 e. The van der Waals surface area contributed by atoms with Gasteiger partial charge in [-0.2, -0.15) is 0 Å². The van der Waals surface area contributed by atoms with E-state index in [4.69, 9.17) is 0 Å². The van der Waals surface area contributed by atoms with Crippen LogP contribution < -0.4 is 0 Å². The molecule has 0 aromatic heterocycles. The third-order valence-electron chi connectivity index (χ3n) is 2.88. The van der Waals surface area contributed by atoms with Gasteiger partial charge >= 0.3 is 0 Å². The summed E-state index contributed by atoms with van der Waals surface area (Å²) in [6.07, 6.45) is 3.28. The van der Waals surface area contributed by atoms with Gasteiger partial charge in [-0.05, 0) is 42.7 Å². The van der Waals surface area contributed by atoms with Gasteiger partial charge in [0.25, 0.3) is 0 Å². The average molecular weight is 284 g/mol. The number of allylic oxidation sites excluding steroid dienone is 2. The van der Waals surface area contributed by atoms with E-state index in [2.05, 4.69) is 64.3 Å². The third kappa shape index (κ3) is 7.51. The summed E-state index contributed by atoms with van der Waals surface area (Å²) in [7, 11) is 0. The van der Waals surface area contributed by atoms with E-state index in [-0.39, 0.29) is 0 Å². The Balaban J connectivity index is 0. The van der Waals surface area contributed by atoms with Crippen molar-refractivity contribution in [3.05, 3.63) is 72.3 Å². The van der Waals surface area contributed by atoms with Crippen molar-refractivity contribution in [3.8, 4) is 0 Å². The first-order chi connectivity index (χ1) is 10.1. The van der Waals surface area contributed by atoms with Crippen LogP contribution in [0.5, 0.6) is 0 Å². The quantitative estimate of drug-likeness (QED) is 0.487. The lowest BCUT2D eigenvalue weighted by atomic mass is 10.00. The van der Waals surface area contributed by atoms with Crippen molar-refractivity contribution in [2.24, 2.45) is 0 Å². The molecule has 0 N–H and O–H groups in total. The van der Waals surface area contributed by atoms with Crippen molar-refractivity contribution in [1.82, 2.24) is 0 Å². The molecular weight excluding hydrogens is 252 g/mol. The fourth-order valence-electron chi connectivity index (χ4n) is 1.71. The van der Waals surface area contributed by atoms with Gasteiger partial charge in [-0.3, -0.25) is 0 Å².